The van der Waals surface area contributed by atoms with Crippen molar-refractivity contribution < 1.29 is 0 Å². The molecular formula is C12H17BrCl2N2. The molecule has 0 radical (unpaired) electrons. The molecule has 5 heteroatoms. The van der Waals surface area contributed by atoms with E-state index in [9.17, 15) is 0 Å². The average Bonchev–Trinajstić information content (AvgIpc) is 2.27. The molecule has 2 N–H and O–H groups in total. The number of nitrogens with zero attached hydrogens (tertiary/aromatic N) is 1. The van der Waals surface area contributed by atoms with Crippen LogP contribution >= 0.6 is 39.9 Å². The van der Waals surface area contributed by atoms with E-state index in [1.54, 1.807) is 0 Å². The Balaban J connectivity index is 0.00000144. The maximum Gasteiger partial charge on any atom is 0.0551 e. The summed E-state index contributed by atoms with van der Waals surface area (Å²) in [5.74, 6) is 0. The minimum Gasteiger partial charge on any atom is -0.328 e. The molecule has 0 spiro atoms. The quantitative estimate of drug-likeness (QED) is 0.894. The maximum absolute atomic E-state index is 6.07. The summed E-state index contributed by atoms with van der Waals surface area (Å²) in [7, 11) is 0. The van der Waals surface area contributed by atoms with Crippen LogP contribution in [0.25, 0.3) is 0 Å². The van der Waals surface area contributed by atoms with Crippen molar-refractivity contribution in [3.8, 4) is 0 Å². The van der Waals surface area contributed by atoms with Gasteiger partial charge in [0.1, 0.15) is 0 Å². The van der Waals surface area contributed by atoms with E-state index in [-0.39, 0.29) is 12.4 Å². The van der Waals surface area contributed by atoms with Crippen LogP contribution in [0.15, 0.2) is 22.7 Å². The number of nitrogens with two attached hydrogens (primary N) is 1. The highest BCUT2D eigenvalue weighted by Gasteiger charge is 2.16. The largest absolute Gasteiger partial charge is 0.328 e. The first-order chi connectivity index (χ1) is 7.65. The number of rotatable bonds is 2. The highest BCUT2D eigenvalue weighted by Crippen LogP contribution is 2.24. The Morgan fingerprint density at radius 1 is 1.35 bits per heavy atom. The first-order valence-electron chi connectivity index (χ1n) is 5.57. The van der Waals surface area contributed by atoms with Crippen LogP contribution < -0.4 is 5.73 Å². The van der Waals surface area contributed by atoms with Crippen LogP contribution in [0.1, 0.15) is 18.4 Å². The van der Waals surface area contributed by atoms with Crippen molar-refractivity contribution in [1.29, 1.82) is 0 Å². The second-order valence-electron chi connectivity index (χ2n) is 4.36. The fourth-order valence-electron chi connectivity index (χ4n) is 2.01. The molecule has 0 aliphatic carbocycles. The van der Waals surface area contributed by atoms with Crippen molar-refractivity contribution in [3.05, 3.63) is 33.3 Å². The number of likely N-dealkylation sites (tertiary alicyclic amines) is 1. The Morgan fingerprint density at radius 2 is 2.00 bits per heavy atom. The van der Waals surface area contributed by atoms with E-state index < -0.39 is 0 Å². The topological polar surface area (TPSA) is 29.3 Å². The summed E-state index contributed by atoms with van der Waals surface area (Å²) in [4.78, 5) is 2.43. The Bertz CT molecular complexity index is 366. The van der Waals surface area contributed by atoms with E-state index in [0.29, 0.717) is 6.04 Å². The maximum atomic E-state index is 6.07. The Labute approximate surface area is 122 Å². The second kappa shape index (κ2) is 6.95. The van der Waals surface area contributed by atoms with Crippen molar-refractivity contribution in [1.82, 2.24) is 4.90 Å². The zero-order valence-corrected chi connectivity index (χ0v) is 12.7. The van der Waals surface area contributed by atoms with Crippen LogP contribution in [-0.2, 0) is 6.54 Å². The summed E-state index contributed by atoms with van der Waals surface area (Å²) in [6.45, 7) is 3.16. The van der Waals surface area contributed by atoms with Crippen molar-refractivity contribution in [2.24, 2.45) is 5.73 Å². The van der Waals surface area contributed by atoms with Gasteiger partial charge in [0.05, 0.1) is 5.02 Å². The minimum absolute atomic E-state index is 0. The molecule has 0 unspecified atom stereocenters. The zero-order valence-electron chi connectivity index (χ0n) is 9.53. The zero-order chi connectivity index (χ0) is 11.5. The molecule has 1 aliphatic heterocycles. The molecule has 0 bridgehead atoms. The molecule has 2 nitrogen and oxygen atoms in total. The Kier molecular flexibility index (Phi) is 6.24. The first-order valence-corrected chi connectivity index (χ1v) is 6.74. The molecular weight excluding hydrogens is 323 g/mol. The van der Waals surface area contributed by atoms with Gasteiger partial charge in [-0.3, -0.25) is 4.90 Å². The summed E-state index contributed by atoms with van der Waals surface area (Å²) < 4.78 is 0.957. The lowest BCUT2D eigenvalue weighted by molar-refractivity contribution is 0.205. The monoisotopic (exact) mass is 338 g/mol. The van der Waals surface area contributed by atoms with Crippen LogP contribution in [-0.4, -0.2) is 24.0 Å². The average molecular weight is 340 g/mol. The number of hydrogen-bond donors (Lipinski definition) is 1. The standard InChI is InChI=1S/C12H16BrClN2.ClH/c13-11-2-1-9(7-12(11)14)8-16-5-3-10(15)4-6-16;/h1-2,7,10H,3-6,8,15H2;1H. The lowest BCUT2D eigenvalue weighted by Gasteiger charge is -2.30. The fraction of sp³-hybridized carbons (Fsp3) is 0.500. The third kappa shape index (κ3) is 4.42. The molecule has 1 aromatic carbocycles. The van der Waals surface area contributed by atoms with Gasteiger partial charge in [0.2, 0.25) is 0 Å². The van der Waals surface area contributed by atoms with E-state index in [2.05, 4.69) is 26.9 Å². The van der Waals surface area contributed by atoms with Crippen LogP contribution in [0.2, 0.25) is 5.02 Å². The summed E-state index contributed by atoms with van der Waals surface area (Å²) in [6, 6.07) is 6.54. The summed E-state index contributed by atoms with van der Waals surface area (Å²) in [6.07, 6.45) is 2.20. The van der Waals surface area contributed by atoms with Crippen LogP contribution in [0.4, 0.5) is 0 Å². The third-order valence-corrected chi connectivity index (χ3v) is 4.25. The SMILES string of the molecule is Cl.NC1CCN(Cc2ccc(Br)c(Cl)c2)CC1. The summed E-state index contributed by atoms with van der Waals surface area (Å²) in [5.41, 5.74) is 7.15. The summed E-state index contributed by atoms with van der Waals surface area (Å²) in [5, 5.41) is 0.784. The molecule has 0 atom stereocenters. The van der Waals surface area contributed by atoms with Gasteiger partial charge in [-0.25, -0.2) is 0 Å². The van der Waals surface area contributed by atoms with Gasteiger partial charge in [-0.2, -0.15) is 0 Å². The minimum atomic E-state index is 0. The van der Waals surface area contributed by atoms with Crippen molar-refractivity contribution in [3.63, 3.8) is 0 Å². The molecule has 17 heavy (non-hydrogen) atoms. The smallest absolute Gasteiger partial charge is 0.0551 e. The van der Waals surface area contributed by atoms with Gasteiger partial charge in [0.25, 0.3) is 0 Å². The number of hydrogen-bond acceptors (Lipinski definition) is 2. The molecule has 1 aliphatic rings. The molecule has 1 saturated heterocycles. The Morgan fingerprint density at radius 3 is 2.59 bits per heavy atom. The second-order valence-corrected chi connectivity index (χ2v) is 5.62. The molecule has 0 amide bonds. The predicted octanol–water partition coefficient (Wildman–Crippen LogP) is 3.45. The van der Waals surface area contributed by atoms with E-state index in [1.807, 2.05) is 12.1 Å². The molecule has 1 aromatic rings. The van der Waals surface area contributed by atoms with E-state index in [1.165, 1.54) is 5.56 Å². The number of piperidine rings is 1. The van der Waals surface area contributed by atoms with Gasteiger partial charge >= 0.3 is 0 Å². The molecule has 2 rings (SSSR count). The van der Waals surface area contributed by atoms with E-state index in [0.717, 1.165) is 42.0 Å². The van der Waals surface area contributed by atoms with Crippen molar-refractivity contribution in [2.45, 2.75) is 25.4 Å². The van der Waals surface area contributed by atoms with E-state index in [4.69, 9.17) is 17.3 Å². The molecule has 1 fully saturated rings. The highest BCUT2D eigenvalue weighted by atomic mass is 79.9. The van der Waals surface area contributed by atoms with Crippen molar-refractivity contribution in [2.75, 3.05) is 13.1 Å². The van der Waals surface area contributed by atoms with Gasteiger partial charge in [0, 0.05) is 17.1 Å². The first kappa shape index (κ1) is 15.3. The van der Waals surface area contributed by atoms with Gasteiger partial charge < -0.3 is 5.73 Å². The summed E-state index contributed by atoms with van der Waals surface area (Å²) >= 11 is 9.47. The van der Waals surface area contributed by atoms with Gasteiger partial charge in [-0.15, -0.1) is 12.4 Å². The fourth-order valence-corrected chi connectivity index (χ4v) is 2.46. The molecule has 1 heterocycles. The number of halogens is 3. The van der Waals surface area contributed by atoms with Crippen LogP contribution in [0.5, 0.6) is 0 Å². The normalized spacial score (nSPS) is 17.8. The third-order valence-electron chi connectivity index (χ3n) is 3.02. The lowest BCUT2D eigenvalue weighted by Crippen LogP contribution is -2.39. The van der Waals surface area contributed by atoms with Gasteiger partial charge in [-0.05, 0) is 59.6 Å². The Hall–Kier alpha value is 0.200. The van der Waals surface area contributed by atoms with E-state index >= 15 is 0 Å². The molecule has 0 aromatic heterocycles. The number of benzene rings is 1. The van der Waals surface area contributed by atoms with Gasteiger partial charge in [0.15, 0.2) is 0 Å². The van der Waals surface area contributed by atoms with Crippen LogP contribution in [0, 0.1) is 0 Å². The highest BCUT2D eigenvalue weighted by molar-refractivity contribution is 9.10. The molecule has 96 valence electrons. The van der Waals surface area contributed by atoms with Crippen LogP contribution in [0.3, 0.4) is 0 Å². The lowest BCUT2D eigenvalue weighted by atomic mass is 10.1. The predicted molar refractivity (Wildman–Crippen MR) is 78.9 cm³/mol. The van der Waals surface area contributed by atoms with Gasteiger partial charge in [-0.1, -0.05) is 17.7 Å². The molecule has 0 saturated carbocycles. The van der Waals surface area contributed by atoms with Crippen molar-refractivity contribution >= 4 is 39.9 Å².